The summed E-state index contributed by atoms with van der Waals surface area (Å²) in [4.78, 5) is 16.1. The van der Waals surface area contributed by atoms with E-state index in [1.807, 2.05) is 6.92 Å². The Bertz CT molecular complexity index is 464. The zero-order valence-electron chi connectivity index (χ0n) is 8.92. The van der Waals surface area contributed by atoms with Gasteiger partial charge in [-0.3, -0.25) is 0 Å². The molecular formula is C10H14N4. The van der Waals surface area contributed by atoms with Gasteiger partial charge in [0.15, 0.2) is 5.65 Å². The summed E-state index contributed by atoms with van der Waals surface area (Å²) >= 11 is 0. The van der Waals surface area contributed by atoms with Crippen molar-refractivity contribution in [3.63, 3.8) is 0 Å². The quantitative estimate of drug-likeness (QED) is 0.690. The van der Waals surface area contributed by atoms with Crippen LogP contribution in [0.4, 0.5) is 0 Å². The Morgan fingerprint density at radius 1 is 1.21 bits per heavy atom. The molecule has 0 bridgehead atoms. The third-order valence-corrected chi connectivity index (χ3v) is 2.03. The van der Waals surface area contributed by atoms with E-state index < -0.39 is 0 Å². The first-order valence-electron chi connectivity index (χ1n) is 4.66. The van der Waals surface area contributed by atoms with Crippen molar-refractivity contribution >= 4 is 11.2 Å². The van der Waals surface area contributed by atoms with Crippen LogP contribution in [0.1, 0.15) is 32.4 Å². The predicted molar refractivity (Wildman–Crippen MR) is 55.1 cm³/mol. The summed E-state index contributed by atoms with van der Waals surface area (Å²) in [7, 11) is 0. The average molecular weight is 190 g/mol. The van der Waals surface area contributed by atoms with E-state index in [-0.39, 0.29) is 5.41 Å². The van der Waals surface area contributed by atoms with Gasteiger partial charge in [0.25, 0.3) is 0 Å². The zero-order chi connectivity index (χ0) is 10.3. The summed E-state index contributed by atoms with van der Waals surface area (Å²) in [6, 6.07) is 0. The van der Waals surface area contributed by atoms with Crippen molar-refractivity contribution in [1.29, 1.82) is 0 Å². The number of aromatic nitrogens is 4. The number of nitrogens with one attached hydrogen (secondary N) is 1. The van der Waals surface area contributed by atoms with Crippen LogP contribution in [0.25, 0.3) is 11.2 Å². The number of imidazole rings is 1. The summed E-state index contributed by atoms with van der Waals surface area (Å²) in [5.74, 6) is 1.71. The average Bonchev–Trinajstić information content (AvgIpc) is 2.41. The molecule has 1 N–H and O–H groups in total. The fraction of sp³-hybridized carbons (Fsp3) is 0.500. The van der Waals surface area contributed by atoms with E-state index in [2.05, 4.69) is 40.7 Å². The van der Waals surface area contributed by atoms with Crippen LogP contribution in [0.15, 0.2) is 6.20 Å². The molecule has 74 valence electrons. The van der Waals surface area contributed by atoms with Gasteiger partial charge in [-0.2, -0.15) is 0 Å². The highest BCUT2D eigenvalue weighted by molar-refractivity contribution is 5.69. The molecule has 0 saturated carbocycles. The second kappa shape index (κ2) is 2.77. The Morgan fingerprint density at radius 2 is 1.93 bits per heavy atom. The first-order chi connectivity index (χ1) is 6.47. The SMILES string of the molecule is Cc1nc2nc(C(C)(C)C)ncc2[nH]1. The van der Waals surface area contributed by atoms with Gasteiger partial charge in [0.1, 0.15) is 17.2 Å². The first-order valence-corrected chi connectivity index (χ1v) is 4.66. The summed E-state index contributed by atoms with van der Waals surface area (Å²) in [5.41, 5.74) is 1.62. The Labute approximate surface area is 82.8 Å². The number of hydrogen-bond acceptors (Lipinski definition) is 3. The van der Waals surface area contributed by atoms with E-state index >= 15 is 0 Å². The first kappa shape index (κ1) is 9.12. The van der Waals surface area contributed by atoms with Crippen molar-refractivity contribution in [2.24, 2.45) is 0 Å². The minimum atomic E-state index is -0.0267. The van der Waals surface area contributed by atoms with Gasteiger partial charge in [-0.1, -0.05) is 20.8 Å². The Hall–Kier alpha value is -1.45. The number of H-pyrrole nitrogens is 1. The van der Waals surface area contributed by atoms with Gasteiger partial charge >= 0.3 is 0 Å². The molecule has 0 saturated heterocycles. The van der Waals surface area contributed by atoms with Crippen LogP contribution in [0.5, 0.6) is 0 Å². The number of fused-ring (bicyclic) bond motifs is 1. The highest BCUT2D eigenvalue weighted by atomic mass is 15.0. The molecule has 2 rings (SSSR count). The third kappa shape index (κ3) is 1.47. The maximum atomic E-state index is 4.41. The van der Waals surface area contributed by atoms with E-state index in [1.54, 1.807) is 6.20 Å². The number of hydrogen-bond donors (Lipinski definition) is 1. The topological polar surface area (TPSA) is 54.5 Å². The van der Waals surface area contributed by atoms with E-state index in [1.165, 1.54) is 0 Å². The molecular weight excluding hydrogens is 176 g/mol. The molecule has 0 unspecified atom stereocenters. The molecule has 4 nitrogen and oxygen atoms in total. The smallest absolute Gasteiger partial charge is 0.181 e. The molecule has 14 heavy (non-hydrogen) atoms. The lowest BCUT2D eigenvalue weighted by Crippen LogP contribution is -2.15. The van der Waals surface area contributed by atoms with Gasteiger partial charge in [0.05, 0.1) is 6.20 Å². The molecule has 0 aliphatic rings. The van der Waals surface area contributed by atoms with Crippen LogP contribution in [-0.4, -0.2) is 19.9 Å². The second-order valence-corrected chi connectivity index (χ2v) is 4.50. The van der Waals surface area contributed by atoms with Gasteiger partial charge in [-0.15, -0.1) is 0 Å². The molecule has 2 aromatic rings. The summed E-state index contributed by atoms with van der Waals surface area (Å²) in [6.07, 6.45) is 1.79. The number of aromatic amines is 1. The van der Waals surface area contributed by atoms with Gasteiger partial charge in [0.2, 0.25) is 0 Å². The monoisotopic (exact) mass is 190 g/mol. The normalized spacial score (nSPS) is 12.3. The Morgan fingerprint density at radius 3 is 2.57 bits per heavy atom. The van der Waals surface area contributed by atoms with Crippen molar-refractivity contribution in [3.8, 4) is 0 Å². The lowest BCUT2D eigenvalue weighted by Gasteiger charge is -2.15. The molecule has 0 aliphatic carbocycles. The minimum Gasteiger partial charge on any atom is -0.340 e. The van der Waals surface area contributed by atoms with Crippen molar-refractivity contribution in [3.05, 3.63) is 17.8 Å². The molecule has 0 fully saturated rings. The van der Waals surface area contributed by atoms with E-state index in [4.69, 9.17) is 0 Å². The molecule has 0 spiro atoms. The molecule has 4 heteroatoms. The van der Waals surface area contributed by atoms with E-state index in [0.29, 0.717) is 0 Å². The Balaban J connectivity index is 2.62. The highest BCUT2D eigenvalue weighted by Gasteiger charge is 2.18. The van der Waals surface area contributed by atoms with Crippen LogP contribution in [0.2, 0.25) is 0 Å². The molecule has 2 heterocycles. The summed E-state index contributed by atoms with van der Waals surface area (Å²) < 4.78 is 0. The maximum Gasteiger partial charge on any atom is 0.181 e. The van der Waals surface area contributed by atoms with Crippen molar-refractivity contribution < 1.29 is 0 Å². The molecule has 0 aromatic carbocycles. The number of aryl methyl sites for hydroxylation is 1. The largest absolute Gasteiger partial charge is 0.340 e. The van der Waals surface area contributed by atoms with Crippen LogP contribution in [0.3, 0.4) is 0 Å². The lowest BCUT2D eigenvalue weighted by molar-refractivity contribution is 0.548. The molecule has 0 amide bonds. The molecule has 0 radical (unpaired) electrons. The van der Waals surface area contributed by atoms with Gasteiger partial charge in [-0.05, 0) is 6.92 Å². The summed E-state index contributed by atoms with van der Waals surface area (Å²) in [5, 5.41) is 0. The van der Waals surface area contributed by atoms with Crippen molar-refractivity contribution in [1.82, 2.24) is 19.9 Å². The number of rotatable bonds is 0. The molecule has 0 atom stereocenters. The lowest BCUT2D eigenvalue weighted by atomic mass is 9.96. The molecule has 2 aromatic heterocycles. The van der Waals surface area contributed by atoms with Crippen LogP contribution < -0.4 is 0 Å². The van der Waals surface area contributed by atoms with Crippen molar-refractivity contribution in [2.75, 3.05) is 0 Å². The highest BCUT2D eigenvalue weighted by Crippen LogP contribution is 2.19. The zero-order valence-corrected chi connectivity index (χ0v) is 8.92. The van der Waals surface area contributed by atoms with E-state index in [9.17, 15) is 0 Å². The Kier molecular flexibility index (Phi) is 1.80. The van der Waals surface area contributed by atoms with Crippen LogP contribution in [0, 0.1) is 6.92 Å². The van der Waals surface area contributed by atoms with Crippen molar-refractivity contribution in [2.45, 2.75) is 33.1 Å². The maximum absolute atomic E-state index is 4.41. The predicted octanol–water partition coefficient (Wildman–Crippen LogP) is 1.96. The fourth-order valence-corrected chi connectivity index (χ4v) is 1.29. The summed E-state index contributed by atoms with van der Waals surface area (Å²) in [6.45, 7) is 8.19. The van der Waals surface area contributed by atoms with Crippen LogP contribution >= 0.6 is 0 Å². The fourth-order valence-electron chi connectivity index (χ4n) is 1.29. The number of nitrogens with zero attached hydrogens (tertiary/aromatic N) is 3. The van der Waals surface area contributed by atoms with E-state index in [0.717, 1.165) is 22.8 Å². The van der Waals surface area contributed by atoms with Crippen LogP contribution in [-0.2, 0) is 5.41 Å². The van der Waals surface area contributed by atoms with Gasteiger partial charge < -0.3 is 4.98 Å². The standard InChI is InChI=1S/C10H14N4/c1-6-12-7-5-11-9(10(2,3)4)14-8(7)13-6/h5H,1-4H3,(H,11,12,13,14). The second-order valence-electron chi connectivity index (χ2n) is 4.50. The van der Waals surface area contributed by atoms with Gasteiger partial charge in [0, 0.05) is 5.41 Å². The van der Waals surface area contributed by atoms with Gasteiger partial charge in [-0.25, -0.2) is 15.0 Å². The molecule has 0 aliphatic heterocycles. The third-order valence-electron chi connectivity index (χ3n) is 2.03. The minimum absolute atomic E-state index is 0.0267.